The number of fused-ring (bicyclic) bond motifs is 1. The largest absolute Gasteiger partial charge is 0.336 e. The van der Waals surface area contributed by atoms with Crippen molar-refractivity contribution in [3.8, 4) is 0 Å². The predicted octanol–water partition coefficient (Wildman–Crippen LogP) is 3.81. The van der Waals surface area contributed by atoms with Gasteiger partial charge in [-0.1, -0.05) is 37.3 Å². The van der Waals surface area contributed by atoms with E-state index in [1.165, 1.54) is 0 Å². The van der Waals surface area contributed by atoms with Gasteiger partial charge in [0.25, 0.3) is 5.91 Å². The van der Waals surface area contributed by atoms with Crippen LogP contribution in [-0.4, -0.2) is 59.3 Å². The summed E-state index contributed by atoms with van der Waals surface area (Å²) in [6.45, 7) is 8.89. The molecule has 0 spiro atoms. The summed E-state index contributed by atoms with van der Waals surface area (Å²) < 4.78 is 0. The second-order valence-corrected chi connectivity index (χ2v) is 8.44. The molecule has 3 aromatic rings. The van der Waals surface area contributed by atoms with Crippen molar-refractivity contribution < 1.29 is 9.59 Å². The highest BCUT2D eigenvalue weighted by Crippen LogP contribution is 2.20. The Labute approximate surface area is 189 Å². The SMILES string of the molecule is CCc1ccccc1NC(=O)CN1CCN(C(=O)c2cc3ccc(C)cc3nc2C)CC1. The molecule has 0 unspecified atom stereocenters. The van der Waals surface area contributed by atoms with Gasteiger partial charge in [0.2, 0.25) is 5.91 Å². The third-order valence-corrected chi connectivity index (χ3v) is 6.09. The molecule has 0 bridgehead atoms. The maximum absolute atomic E-state index is 13.2. The Balaban J connectivity index is 1.36. The summed E-state index contributed by atoms with van der Waals surface area (Å²) in [4.78, 5) is 34.3. The van der Waals surface area contributed by atoms with Crippen molar-refractivity contribution in [3.63, 3.8) is 0 Å². The number of nitrogens with one attached hydrogen (secondary N) is 1. The minimum atomic E-state index is -0.0180. The normalized spacial score (nSPS) is 14.5. The summed E-state index contributed by atoms with van der Waals surface area (Å²) in [5.74, 6) is -0.00556. The summed E-state index contributed by atoms with van der Waals surface area (Å²) >= 11 is 0. The molecule has 32 heavy (non-hydrogen) atoms. The molecule has 1 fully saturated rings. The maximum atomic E-state index is 13.2. The van der Waals surface area contributed by atoms with Gasteiger partial charge in [-0.05, 0) is 49.6 Å². The van der Waals surface area contributed by atoms with E-state index in [4.69, 9.17) is 0 Å². The number of anilines is 1. The molecule has 2 heterocycles. The molecular formula is C26H30N4O2. The Bertz CT molecular complexity index is 1150. The summed E-state index contributed by atoms with van der Waals surface area (Å²) in [6.07, 6.45) is 0.875. The van der Waals surface area contributed by atoms with Gasteiger partial charge in [-0.3, -0.25) is 19.5 Å². The number of aromatic nitrogens is 1. The molecule has 0 atom stereocenters. The van der Waals surface area contributed by atoms with Crippen molar-refractivity contribution in [1.82, 2.24) is 14.8 Å². The first-order valence-electron chi connectivity index (χ1n) is 11.2. The molecule has 166 valence electrons. The van der Waals surface area contributed by atoms with Crippen molar-refractivity contribution in [2.24, 2.45) is 0 Å². The average molecular weight is 431 g/mol. The first kappa shape index (κ1) is 22.0. The van der Waals surface area contributed by atoms with E-state index in [0.29, 0.717) is 38.3 Å². The number of para-hydroxylation sites is 1. The number of nitrogens with zero attached hydrogens (tertiary/aromatic N) is 3. The van der Waals surface area contributed by atoms with Crippen LogP contribution in [0.1, 0.15) is 34.1 Å². The summed E-state index contributed by atoms with van der Waals surface area (Å²) in [5, 5.41) is 4.01. The number of aryl methyl sites for hydroxylation is 3. The molecule has 1 N–H and O–H groups in total. The van der Waals surface area contributed by atoms with Gasteiger partial charge in [0.05, 0.1) is 23.3 Å². The molecule has 1 saturated heterocycles. The van der Waals surface area contributed by atoms with Gasteiger partial charge in [0.15, 0.2) is 0 Å². The van der Waals surface area contributed by atoms with Crippen LogP contribution in [0.15, 0.2) is 48.5 Å². The number of amides is 2. The minimum absolute atomic E-state index is 0.0125. The Kier molecular flexibility index (Phi) is 6.51. The van der Waals surface area contributed by atoms with Crippen molar-refractivity contribution in [1.29, 1.82) is 0 Å². The lowest BCUT2D eigenvalue weighted by molar-refractivity contribution is -0.117. The van der Waals surface area contributed by atoms with Gasteiger partial charge in [-0.25, -0.2) is 0 Å². The average Bonchev–Trinajstić information content (AvgIpc) is 2.79. The zero-order valence-corrected chi connectivity index (χ0v) is 19.0. The van der Waals surface area contributed by atoms with Crippen LogP contribution in [0.2, 0.25) is 0 Å². The molecule has 2 aromatic carbocycles. The van der Waals surface area contributed by atoms with E-state index < -0.39 is 0 Å². The second kappa shape index (κ2) is 9.49. The number of benzene rings is 2. The van der Waals surface area contributed by atoms with Crippen LogP contribution in [0.5, 0.6) is 0 Å². The number of rotatable bonds is 5. The van der Waals surface area contributed by atoms with Crippen molar-refractivity contribution in [2.45, 2.75) is 27.2 Å². The highest BCUT2D eigenvalue weighted by Gasteiger charge is 2.25. The molecule has 4 rings (SSSR count). The standard InChI is InChI=1S/C26H30N4O2/c1-4-20-7-5-6-8-23(20)28-25(31)17-29-11-13-30(14-12-29)26(32)22-16-21-10-9-18(2)15-24(21)27-19(22)3/h5-10,15-16H,4,11-14,17H2,1-3H3,(H,28,31). The Hall–Kier alpha value is -3.25. The van der Waals surface area contributed by atoms with Crippen LogP contribution in [0, 0.1) is 13.8 Å². The lowest BCUT2D eigenvalue weighted by atomic mass is 10.1. The number of hydrogen-bond acceptors (Lipinski definition) is 4. The molecule has 6 nitrogen and oxygen atoms in total. The Morgan fingerprint density at radius 1 is 1.00 bits per heavy atom. The van der Waals surface area contributed by atoms with E-state index >= 15 is 0 Å². The third kappa shape index (κ3) is 4.81. The molecule has 1 aliphatic rings. The molecular weight excluding hydrogens is 400 g/mol. The van der Waals surface area contributed by atoms with Crippen LogP contribution < -0.4 is 5.32 Å². The fourth-order valence-electron chi connectivity index (χ4n) is 4.21. The van der Waals surface area contributed by atoms with Crippen LogP contribution in [0.3, 0.4) is 0 Å². The van der Waals surface area contributed by atoms with Gasteiger partial charge < -0.3 is 10.2 Å². The number of piperazine rings is 1. The fraction of sp³-hybridized carbons (Fsp3) is 0.346. The second-order valence-electron chi connectivity index (χ2n) is 8.44. The summed E-state index contributed by atoms with van der Waals surface area (Å²) in [7, 11) is 0. The van der Waals surface area contributed by atoms with Crippen LogP contribution in [-0.2, 0) is 11.2 Å². The van der Waals surface area contributed by atoms with Crippen molar-refractivity contribution in [2.75, 3.05) is 38.0 Å². The molecule has 0 saturated carbocycles. The quantitative estimate of drug-likeness (QED) is 0.669. The number of carbonyl (C=O) groups is 2. The van der Waals surface area contributed by atoms with Gasteiger partial charge in [-0.15, -0.1) is 0 Å². The number of pyridine rings is 1. The van der Waals surface area contributed by atoms with Crippen LogP contribution in [0.25, 0.3) is 10.9 Å². The van der Waals surface area contributed by atoms with Gasteiger partial charge in [-0.2, -0.15) is 0 Å². The lowest BCUT2D eigenvalue weighted by Gasteiger charge is -2.34. The molecule has 1 aliphatic heterocycles. The van der Waals surface area contributed by atoms with Crippen molar-refractivity contribution in [3.05, 3.63) is 70.9 Å². The first-order valence-corrected chi connectivity index (χ1v) is 11.2. The third-order valence-electron chi connectivity index (χ3n) is 6.09. The molecule has 0 aliphatic carbocycles. The van der Waals surface area contributed by atoms with Gasteiger partial charge >= 0.3 is 0 Å². The highest BCUT2D eigenvalue weighted by atomic mass is 16.2. The van der Waals surface area contributed by atoms with E-state index in [-0.39, 0.29) is 11.8 Å². The van der Waals surface area contributed by atoms with E-state index in [0.717, 1.165) is 39.8 Å². The fourth-order valence-corrected chi connectivity index (χ4v) is 4.21. The zero-order valence-electron chi connectivity index (χ0n) is 19.0. The zero-order chi connectivity index (χ0) is 22.7. The summed E-state index contributed by atoms with van der Waals surface area (Å²) in [5.41, 5.74) is 5.49. The van der Waals surface area contributed by atoms with Gasteiger partial charge in [0.1, 0.15) is 0 Å². The smallest absolute Gasteiger partial charge is 0.255 e. The Morgan fingerprint density at radius 3 is 2.50 bits per heavy atom. The molecule has 6 heteroatoms. The molecule has 0 radical (unpaired) electrons. The highest BCUT2D eigenvalue weighted by molar-refractivity contribution is 5.99. The monoisotopic (exact) mass is 430 g/mol. The predicted molar refractivity (Wildman–Crippen MR) is 128 cm³/mol. The maximum Gasteiger partial charge on any atom is 0.255 e. The number of hydrogen-bond donors (Lipinski definition) is 1. The summed E-state index contributed by atoms with van der Waals surface area (Å²) in [6, 6.07) is 15.9. The Morgan fingerprint density at radius 2 is 1.75 bits per heavy atom. The topological polar surface area (TPSA) is 65.5 Å². The molecule has 2 amide bonds. The van der Waals surface area contributed by atoms with Crippen LogP contribution in [0.4, 0.5) is 5.69 Å². The van der Waals surface area contributed by atoms with E-state index in [1.54, 1.807) is 0 Å². The van der Waals surface area contributed by atoms with E-state index in [9.17, 15) is 9.59 Å². The van der Waals surface area contributed by atoms with E-state index in [2.05, 4.69) is 22.1 Å². The molecule has 1 aromatic heterocycles. The van der Waals surface area contributed by atoms with Gasteiger partial charge in [0, 0.05) is 37.3 Å². The first-order chi connectivity index (χ1) is 15.4. The van der Waals surface area contributed by atoms with E-state index in [1.807, 2.05) is 67.3 Å². The minimum Gasteiger partial charge on any atom is -0.336 e. The lowest BCUT2D eigenvalue weighted by Crippen LogP contribution is -2.50. The van der Waals surface area contributed by atoms with Crippen LogP contribution >= 0.6 is 0 Å². The number of carbonyl (C=O) groups excluding carboxylic acids is 2. The van der Waals surface area contributed by atoms with Crippen molar-refractivity contribution >= 4 is 28.4 Å².